The molecule has 6 nitrogen and oxygen atoms in total. The molecule has 26 heavy (non-hydrogen) atoms. The summed E-state index contributed by atoms with van der Waals surface area (Å²) >= 11 is 3.40. The molecule has 0 heterocycles. The van der Waals surface area contributed by atoms with Crippen molar-refractivity contribution in [2.24, 2.45) is 0 Å². The molecule has 0 unspecified atom stereocenters. The first-order valence-corrected chi connectivity index (χ1v) is 10.6. The summed E-state index contributed by atoms with van der Waals surface area (Å²) in [6, 6.07) is 12.1. The summed E-state index contributed by atoms with van der Waals surface area (Å²) in [6.07, 6.45) is 1.06. The van der Waals surface area contributed by atoms with Crippen LogP contribution in [-0.4, -0.2) is 33.7 Å². The molecule has 0 bridgehead atoms. The van der Waals surface area contributed by atoms with Gasteiger partial charge in [0, 0.05) is 10.2 Å². The number of hydrogen-bond acceptors (Lipinski definition) is 4. The van der Waals surface area contributed by atoms with Crippen molar-refractivity contribution in [1.29, 1.82) is 0 Å². The van der Waals surface area contributed by atoms with Crippen molar-refractivity contribution >= 4 is 43.2 Å². The van der Waals surface area contributed by atoms with E-state index in [1.165, 1.54) is 0 Å². The molecule has 2 rings (SSSR count). The summed E-state index contributed by atoms with van der Waals surface area (Å²) in [7, 11) is -3.68. The van der Waals surface area contributed by atoms with Gasteiger partial charge >= 0.3 is 0 Å². The fourth-order valence-electron chi connectivity index (χ4n) is 2.38. The third-order valence-corrected chi connectivity index (χ3v) is 5.58. The summed E-state index contributed by atoms with van der Waals surface area (Å²) in [6.45, 7) is 3.75. The van der Waals surface area contributed by atoms with Crippen LogP contribution < -0.4 is 14.4 Å². The largest absolute Gasteiger partial charge is 0.492 e. The molecule has 1 N–H and O–H groups in total. The molecule has 0 aliphatic heterocycles. The van der Waals surface area contributed by atoms with E-state index in [0.29, 0.717) is 23.7 Å². The number of aryl methyl sites for hydroxylation is 1. The van der Waals surface area contributed by atoms with E-state index in [1.54, 1.807) is 36.4 Å². The van der Waals surface area contributed by atoms with E-state index in [2.05, 4.69) is 21.2 Å². The van der Waals surface area contributed by atoms with Crippen LogP contribution in [0.15, 0.2) is 46.9 Å². The minimum absolute atomic E-state index is 0.332. The fourth-order valence-corrected chi connectivity index (χ4v) is 3.48. The highest BCUT2D eigenvalue weighted by Crippen LogP contribution is 2.30. The average Bonchev–Trinajstić information content (AvgIpc) is 2.56. The predicted molar refractivity (Wildman–Crippen MR) is 107 cm³/mol. The van der Waals surface area contributed by atoms with Gasteiger partial charge < -0.3 is 10.1 Å². The molecule has 0 radical (unpaired) electrons. The van der Waals surface area contributed by atoms with Crippen LogP contribution in [0.3, 0.4) is 0 Å². The Labute approximate surface area is 162 Å². The lowest BCUT2D eigenvalue weighted by molar-refractivity contribution is -0.114. The molecule has 1 amide bonds. The van der Waals surface area contributed by atoms with Gasteiger partial charge in [-0.05, 0) is 49.7 Å². The normalized spacial score (nSPS) is 11.1. The number of carbonyl (C=O) groups excluding carboxylic acids is 1. The van der Waals surface area contributed by atoms with E-state index >= 15 is 0 Å². The minimum atomic E-state index is -3.68. The van der Waals surface area contributed by atoms with Crippen LogP contribution in [0.5, 0.6) is 5.75 Å². The predicted octanol–water partition coefficient (Wildman–Crippen LogP) is 3.56. The van der Waals surface area contributed by atoms with Crippen LogP contribution >= 0.6 is 15.9 Å². The highest BCUT2D eigenvalue weighted by Gasteiger charge is 2.24. The number of carbonyl (C=O) groups is 1. The number of hydrogen-bond donors (Lipinski definition) is 1. The van der Waals surface area contributed by atoms with E-state index in [4.69, 9.17) is 4.74 Å². The summed E-state index contributed by atoms with van der Waals surface area (Å²) in [5.41, 5.74) is 1.89. The van der Waals surface area contributed by atoms with Crippen molar-refractivity contribution in [1.82, 2.24) is 0 Å². The zero-order valence-corrected chi connectivity index (χ0v) is 17.2. The molecule has 2 aromatic rings. The quantitative estimate of drug-likeness (QED) is 0.713. The van der Waals surface area contributed by atoms with Gasteiger partial charge in [-0.25, -0.2) is 8.42 Å². The molecule has 0 aromatic heterocycles. The maximum Gasteiger partial charge on any atom is 0.245 e. The average molecular weight is 441 g/mol. The molecule has 8 heteroatoms. The number of ether oxygens (including phenoxy) is 1. The molecule has 0 saturated heterocycles. The van der Waals surface area contributed by atoms with Crippen LogP contribution in [0.2, 0.25) is 0 Å². The Balaban J connectivity index is 2.26. The molecule has 0 aliphatic rings. The SMILES string of the molecule is CCOc1ccccc1N(CC(=O)Nc1ccc(Br)c(C)c1)S(C)(=O)=O. The third-order valence-electron chi connectivity index (χ3n) is 3.56. The van der Waals surface area contributed by atoms with Crippen molar-refractivity contribution < 1.29 is 17.9 Å². The summed E-state index contributed by atoms with van der Waals surface area (Å²) in [4.78, 5) is 12.4. The van der Waals surface area contributed by atoms with Crippen molar-refractivity contribution in [2.45, 2.75) is 13.8 Å². The number of para-hydroxylation sites is 2. The number of nitrogens with one attached hydrogen (secondary N) is 1. The van der Waals surface area contributed by atoms with Crippen molar-refractivity contribution in [3.63, 3.8) is 0 Å². The summed E-state index contributed by atoms with van der Waals surface area (Å²) < 4.78 is 32.0. The second kappa shape index (κ2) is 8.55. The lowest BCUT2D eigenvalue weighted by atomic mass is 10.2. The van der Waals surface area contributed by atoms with Gasteiger partial charge in [0.1, 0.15) is 12.3 Å². The number of sulfonamides is 1. The Bertz CT molecular complexity index is 900. The Morgan fingerprint density at radius 2 is 1.92 bits per heavy atom. The van der Waals surface area contributed by atoms with Gasteiger partial charge in [0.15, 0.2) is 0 Å². The summed E-state index contributed by atoms with van der Waals surface area (Å²) in [5.74, 6) is -0.0313. The Morgan fingerprint density at radius 3 is 2.54 bits per heavy atom. The number of halogens is 1. The van der Waals surface area contributed by atoms with Crippen molar-refractivity contribution in [3.05, 3.63) is 52.5 Å². The van der Waals surface area contributed by atoms with Crippen LogP contribution in [-0.2, 0) is 14.8 Å². The van der Waals surface area contributed by atoms with Crippen LogP contribution in [0.25, 0.3) is 0 Å². The van der Waals surface area contributed by atoms with Gasteiger partial charge in [0.2, 0.25) is 15.9 Å². The van der Waals surface area contributed by atoms with Crippen molar-refractivity contribution in [2.75, 3.05) is 29.0 Å². The molecule has 0 spiro atoms. The van der Waals surface area contributed by atoms with E-state index < -0.39 is 15.9 Å². The van der Waals surface area contributed by atoms with E-state index in [0.717, 1.165) is 20.6 Å². The molecular weight excluding hydrogens is 420 g/mol. The zero-order chi connectivity index (χ0) is 19.3. The molecule has 140 valence electrons. The molecule has 0 saturated carbocycles. The molecular formula is C18H21BrN2O4S. The first-order valence-electron chi connectivity index (χ1n) is 7.98. The maximum atomic E-state index is 12.4. The lowest BCUT2D eigenvalue weighted by Gasteiger charge is -2.24. The molecule has 2 aromatic carbocycles. The van der Waals surface area contributed by atoms with Gasteiger partial charge in [-0.1, -0.05) is 28.1 Å². The highest BCUT2D eigenvalue weighted by molar-refractivity contribution is 9.10. The van der Waals surface area contributed by atoms with Crippen LogP contribution in [0.1, 0.15) is 12.5 Å². The van der Waals surface area contributed by atoms with Crippen LogP contribution in [0.4, 0.5) is 11.4 Å². The molecule has 0 atom stereocenters. The van der Waals surface area contributed by atoms with Gasteiger partial charge in [-0.3, -0.25) is 9.10 Å². The monoisotopic (exact) mass is 440 g/mol. The van der Waals surface area contributed by atoms with Gasteiger partial charge in [-0.2, -0.15) is 0 Å². The minimum Gasteiger partial charge on any atom is -0.492 e. The second-order valence-electron chi connectivity index (χ2n) is 5.68. The standard InChI is InChI=1S/C18H21BrN2O4S/c1-4-25-17-8-6-5-7-16(17)21(26(3,23)24)12-18(22)20-14-9-10-15(19)13(2)11-14/h5-11H,4,12H2,1-3H3,(H,20,22). The first-order chi connectivity index (χ1) is 12.2. The third kappa shape index (κ3) is 5.22. The summed E-state index contributed by atoms with van der Waals surface area (Å²) in [5, 5.41) is 2.73. The fraction of sp³-hybridized carbons (Fsp3) is 0.278. The lowest BCUT2D eigenvalue weighted by Crippen LogP contribution is -2.37. The second-order valence-corrected chi connectivity index (χ2v) is 8.44. The van der Waals surface area contributed by atoms with Crippen LogP contribution in [0, 0.1) is 6.92 Å². The highest BCUT2D eigenvalue weighted by atomic mass is 79.9. The van der Waals surface area contributed by atoms with E-state index in [9.17, 15) is 13.2 Å². The number of benzene rings is 2. The van der Waals surface area contributed by atoms with E-state index in [1.807, 2.05) is 19.9 Å². The molecule has 0 aliphatic carbocycles. The van der Waals surface area contributed by atoms with Crippen molar-refractivity contribution in [3.8, 4) is 5.75 Å². The Hall–Kier alpha value is -2.06. The number of anilines is 2. The topological polar surface area (TPSA) is 75.7 Å². The Kier molecular flexibility index (Phi) is 6.66. The number of rotatable bonds is 7. The smallest absolute Gasteiger partial charge is 0.245 e. The van der Waals surface area contributed by atoms with Gasteiger partial charge in [0.25, 0.3) is 0 Å². The molecule has 0 fully saturated rings. The first kappa shape index (κ1) is 20.3. The number of nitrogens with zero attached hydrogens (tertiary/aromatic N) is 1. The maximum absolute atomic E-state index is 12.4. The van der Waals surface area contributed by atoms with Gasteiger partial charge in [0.05, 0.1) is 18.6 Å². The zero-order valence-electron chi connectivity index (χ0n) is 14.8. The number of amides is 1. The van der Waals surface area contributed by atoms with Gasteiger partial charge in [-0.15, -0.1) is 0 Å². The Morgan fingerprint density at radius 1 is 1.23 bits per heavy atom. The van der Waals surface area contributed by atoms with E-state index in [-0.39, 0.29) is 6.54 Å².